The molecule has 0 fully saturated rings. The number of ether oxygens (including phenoxy) is 2. The molecule has 2 aliphatic rings. The molecule has 8 bridgehead atoms. The van der Waals surface area contributed by atoms with Crippen molar-refractivity contribution in [2.24, 2.45) is 7.05 Å². The summed E-state index contributed by atoms with van der Waals surface area (Å²) in [4.78, 5) is 21.1. The Bertz CT molecular complexity index is 2230. The highest BCUT2D eigenvalue weighted by atomic mass is 35.5. The molecule has 3 aromatic heterocycles. The third kappa shape index (κ3) is 5.93. The van der Waals surface area contributed by atoms with Crippen molar-refractivity contribution < 1.29 is 14.3 Å². The zero-order valence-corrected chi connectivity index (χ0v) is 30.5. The Morgan fingerprint density at radius 2 is 1.90 bits per heavy atom. The summed E-state index contributed by atoms with van der Waals surface area (Å²) in [5, 5.41) is 10.3. The number of carbonyl (C=O) groups excluding carboxylic acids is 1. The first-order valence-electron chi connectivity index (χ1n) is 17.2. The Labute approximate surface area is 299 Å². The monoisotopic (exact) mass is 710 g/mol. The van der Waals surface area contributed by atoms with E-state index in [1.807, 2.05) is 47.7 Å². The van der Waals surface area contributed by atoms with Crippen LogP contribution >= 0.6 is 34.7 Å². The van der Waals surface area contributed by atoms with Crippen molar-refractivity contribution in [2.75, 3.05) is 13.2 Å². The lowest BCUT2D eigenvalue weighted by Crippen LogP contribution is -2.13. The second kappa shape index (κ2) is 13.5. The van der Waals surface area contributed by atoms with E-state index >= 15 is 0 Å². The molecule has 3 aromatic carbocycles. The number of aryl methyl sites for hydroxylation is 6. The van der Waals surface area contributed by atoms with Crippen LogP contribution < -0.4 is 4.74 Å². The number of hydrogen-bond donors (Lipinski definition) is 0. The molecule has 0 amide bonds. The van der Waals surface area contributed by atoms with Gasteiger partial charge in [-0.3, -0.25) is 4.68 Å². The average Bonchev–Trinajstić information content (AvgIpc) is 3.84. The van der Waals surface area contributed by atoms with E-state index in [0.717, 1.165) is 106 Å². The first kappa shape index (κ1) is 32.4. The number of benzene rings is 3. The van der Waals surface area contributed by atoms with Gasteiger partial charge in [0, 0.05) is 56.7 Å². The Morgan fingerprint density at radius 1 is 1.02 bits per heavy atom. The predicted octanol–water partition coefficient (Wildman–Crippen LogP) is 9.53. The smallest absolute Gasteiger partial charge is 0.355 e. The number of thioether (sulfide) groups is 1. The van der Waals surface area contributed by atoms with Gasteiger partial charge in [0.15, 0.2) is 0 Å². The summed E-state index contributed by atoms with van der Waals surface area (Å²) in [5.41, 5.74) is 8.01. The van der Waals surface area contributed by atoms with Crippen molar-refractivity contribution in [3.63, 3.8) is 0 Å². The summed E-state index contributed by atoms with van der Waals surface area (Å²) in [6.45, 7) is 5.70. The minimum Gasteiger partial charge on any atom is -0.493 e. The van der Waals surface area contributed by atoms with Gasteiger partial charge in [-0.15, -0.1) is 23.1 Å². The maximum absolute atomic E-state index is 13.6. The van der Waals surface area contributed by atoms with Crippen molar-refractivity contribution in [2.45, 2.75) is 76.0 Å². The summed E-state index contributed by atoms with van der Waals surface area (Å²) in [6, 6.07) is 16.9. The molecule has 10 heteroatoms. The fraction of sp³-hybridized carbons (Fsp3) is 0.359. The van der Waals surface area contributed by atoms with E-state index in [1.54, 1.807) is 0 Å². The molecule has 0 saturated carbocycles. The maximum Gasteiger partial charge on any atom is 0.355 e. The lowest BCUT2D eigenvalue weighted by molar-refractivity contribution is 0.0514. The third-order valence-electron chi connectivity index (χ3n) is 9.78. The van der Waals surface area contributed by atoms with Gasteiger partial charge in [0.25, 0.3) is 0 Å². The van der Waals surface area contributed by atoms with Gasteiger partial charge in [-0.2, -0.15) is 5.10 Å². The summed E-state index contributed by atoms with van der Waals surface area (Å²) in [7, 11) is 1.97. The number of nitrogens with zero attached hydrogens (tertiary/aromatic N) is 4. The molecule has 49 heavy (non-hydrogen) atoms. The fourth-order valence-corrected chi connectivity index (χ4v) is 10.0. The molecule has 0 unspecified atom stereocenters. The number of hydrogen-bond acceptors (Lipinski definition) is 7. The average molecular weight is 711 g/mol. The first-order valence-corrected chi connectivity index (χ1v) is 19.4. The van der Waals surface area contributed by atoms with Gasteiger partial charge in [0.05, 0.1) is 40.1 Å². The minimum atomic E-state index is -0.317. The molecular formula is C39H39ClN4O3S2. The summed E-state index contributed by atoms with van der Waals surface area (Å²) < 4.78 is 16.4. The van der Waals surface area contributed by atoms with Gasteiger partial charge in [0.2, 0.25) is 0 Å². The second-order valence-corrected chi connectivity index (χ2v) is 15.5. The molecule has 0 spiro atoms. The van der Waals surface area contributed by atoms with E-state index in [9.17, 15) is 4.79 Å². The van der Waals surface area contributed by atoms with E-state index in [-0.39, 0.29) is 5.97 Å². The van der Waals surface area contributed by atoms with Gasteiger partial charge in [0.1, 0.15) is 11.4 Å². The molecule has 0 saturated heterocycles. The predicted molar refractivity (Wildman–Crippen MR) is 200 cm³/mol. The van der Waals surface area contributed by atoms with Crippen molar-refractivity contribution >= 4 is 62.3 Å². The van der Waals surface area contributed by atoms with Gasteiger partial charge < -0.3 is 14.0 Å². The van der Waals surface area contributed by atoms with Gasteiger partial charge >= 0.3 is 5.97 Å². The van der Waals surface area contributed by atoms with E-state index in [0.29, 0.717) is 30.4 Å². The van der Waals surface area contributed by atoms with Crippen LogP contribution in [0.2, 0.25) is 5.02 Å². The van der Waals surface area contributed by atoms with Gasteiger partial charge in [-0.05, 0) is 87.9 Å². The van der Waals surface area contributed by atoms with Crippen LogP contribution in [-0.2, 0) is 49.8 Å². The standard InChI is InChI=1S/C39H39ClN4O3S2/c1-4-46-39(45)38-27-12-9-19-47-32-21-25(20-24-10-5-6-11-26(24)32)48-22-33-23(2)41-34(49-33)15-7-13-30-36(31-14-8-18-44(31)42-30)35-29(40)17-16-28(27)37(35)43(38)3/h5-6,10-11,16-17,20-21H,4,7-9,12-15,18-19,22H2,1-3H3. The quantitative estimate of drug-likeness (QED) is 0.167. The van der Waals surface area contributed by atoms with Crippen LogP contribution in [0.4, 0.5) is 0 Å². The van der Waals surface area contributed by atoms with Crippen LogP contribution in [0.5, 0.6) is 5.75 Å². The highest BCUT2D eigenvalue weighted by molar-refractivity contribution is 7.98. The molecule has 8 rings (SSSR count). The number of halogens is 1. The van der Waals surface area contributed by atoms with Crippen molar-refractivity contribution in [1.29, 1.82) is 0 Å². The molecule has 0 radical (unpaired) electrons. The molecule has 0 aliphatic carbocycles. The largest absolute Gasteiger partial charge is 0.493 e. The number of rotatable bonds is 2. The van der Waals surface area contributed by atoms with Gasteiger partial charge in [-0.1, -0.05) is 41.9 Å². The molecule has 0 N–H and O–H groups in total. The molecule has 7 nitrogen and oxygen atoms in total. The summed E-state index contributed by atoms with van der Waals surface area (Å²) in [6.07, 6.45) is 6.06. The zero-order chi connectivity index (χ0) is 33.6. The number of esters is 1. The van der Waals surface area contributed by atoms with Crippen LogP contribution in [0, 0.1) is 6.92 Å². The molecule has 252 valence electrons. The van der Waals surface area contributed by atoms with E-state index in [2.05, 4.69) is 54.1 Å². The first-order chi connectivity index (χ1) is 23.9. The van der Waals surface area contributed by atoms with Crippen LogP contribution in [0.3, 0.4) is 0 Å². The highest BCUT2D eigenvalue weighted by Gasteiger charge is 2.30. The zero-order valence-electron chi connectivity index (χ0n) is 28.1. The van der Waals surface area contributed by atoms with E-state index < -0.39 is 0 Å². The summed E-state index contributed by atoms with van der Waals surface area (Å²) in [5.74, 6) is 1.44. The number of carbonyl (C=O) groups is 1. The normalized spacial score (nSPS) is 15.2. The van der Waals surface area contributed by atoms with E-state index in [1.165, 1.54) is 20.5 Å². The molecule has 5 heterocycles. The number of thiazole rings is 1. The third-order valence-corrected chi connectivity index (χ3v) is 12.5. The van der Waals surface area contributed by atoms with E-state index in [4.69, 9.17) is 31.2 Å². The fourth-order valence-electron chi connectivity index (χ4n) is 7.57. The number of aromatic nitrogens is 4. The second-order valence-electron chi connectivity index (χ2n) is 12.9. The SMILES string of the molecule is CCOC(=O)c1c2c3ccc(Cl)c(c3n1C)-c1c(nn3c1CCC3)CCCc1nc(C)c(s1)CSc1cc(c3ccccc3c1)OCCC2. The topological polar surface area (TPSA) is 71.2 Å². The lowest BCUT2D eigenvalue weighted by Gasteiger charge is -2.12. The Morgan fingerprint density at radius 3 is 2.78 bits per heavy atom. The summed E-state index contributed by atoms with van der Waals surface area (Å²) >= 11 is 10.8. The van der Waals surface area contributed by atoms with Crippen molar-refractivity contribution in [3.8, 4) is 16.9 Å². The maximum atomic E-state index is 13.6. The lowest BCUT2D eigenvalue weighted by atomic mass is 9.95. The van der Waals surface area contributed by atoms with Crippen molar-refractivity contribution in [1.82, 2.24) is 19.3 Å². The number of fused-ring (bicyclic) bond motifs is 10. The minimum absolute atomic E-state index is 0.305. The van der Waals surface area contributed by atoms with Crippen LogP contribution in [0.15, 0.2) is 53.4 Å². The Hall–Kier alpha value is -3.79. The Kier molecular flexibility index (Phi) is 8.93. The Balaban J connectivity index is 1.27. The highest BCUT2D eigenvalue weighted by Crippen LogP contribution is 2.44. The molecule has 6 aromatic rings. The van der Waals surface area contributed by atoms with Crippen LogP contribution in [0.1, 0.15) is 69.2 Å². The van der Waals surface area contributed by atoms with Gasteiger partial charge in [-0.25, -0.2) is 9.78 Å². The van der Waals surface area contributed by atoms with Crippen LogP contribution in [0.25, 0.3) is 32.8 Å². The molecule has 2 aliphatic heterocycles. The van der Waals surface area contributed by atoms with Crippen molar-refractivity contribution in [3.05, 3.63) is 91.8 Å². The van der Waals surface area contributed by atoms with Crippen LogP contribution in [-0.4, -0.2) is 38.5 Å². The molecular weight excluding hydrogens is 672 g/mol. The molecule has 0 atom stereocenters.